The molecule has 16 heavy (non-hydrogen) atoms. The minimum atomic E-state index is -0.197. The second-order valence-corrected chi connectivity index (χ2v) is 4.71. The van der Waals surface area contributed by atoms with Crippen molar-refractivity contribution in [3.8, 4) is 0 Å². The second-order valence-electron chi connectivity index (χ2n) is 4.71. The summed E-state index contributed by atoms with van der Waals surface area (Å²) >= 11 is 0. The van der Waals surface area contributed by atoms with Crippen molar-refractivity contribution in [3.05, 3.63) is 35.6 Å². The van der Waals surface area contributed by atoms with Gasteiger partial charge in [0.2, 0.25) is 6.41 Å². The number of amides is 1. The molecule has 1 fully saturated rings. The third-order valence-electron chi connectivity index (χ3n) is 3.59. The molecule has 0 atom stereocenters. The van der Waals surface area contributed by atoms with Gasteiger partial charge in [-0.25, -0.2) is 4.39 Å². The van der Waals surface area contributed by atoms with E-state index in [-0.39, 0.29) is 11.2 Å². The summed E-state index contributed by atoms with van der Waals surface area (Å²) < 4.78 is 12.8. The first-order valence-electron chi connectivity index (χ1n) is 5.59. The SMILES string of the molecule is CC1(c2ccc(F)cc2)CCN(C=O)CC1. The Labute approximate surface area is 95.1 Å². The molecule has 0 radical (unpaired) electrons. The highest BCUT2D eigenvalue weighted by Gasteiger charge is 2.31. The van der Waals surface area contributed by atoms with Gasteiger partial charge in [-0.3, -0.25) is 4.79 Å². The fourth-order valence-corrected chi connectivity index (χ4v) is 2.26. The highest BCUT2D eigenvalue weighted by atomic mass is 19.1. The lowest BCUT2D eigenvalue weighted by molar-refractivity contribution is -0.119. The van der Waals surface area contributed by atoms with Crippen molar-refractivity contribution in [3.63, 3.8) is 0 Å². The lowest BCUT2D eigenvalue weighted by atomic mass is 9.75. The van der Waals surface area contributed by atoms with Crippen LogP contribution >= 0.6 is 0 Å². The van der Waals surface area contributed by atoms with E-state index in [4.69, 9.17) is 0 Å². The second kappa shape index (κ2) is 4.24. The summed E-state index contributed by atoms with van der Waals surface area (Å²) in [6.07, 6.45) is 2.79. The quantitative estimate of drug-likeness (QED) is 0.702. The van der Waals surface area contributed by atoms with Gasteiger partial charge in [0, 0.05) is 13.1 Å². The van der Waals surface area contributed by atoms with Crippen LogP contribution in [0, 0.1) is 5.82 Å². The number of nitrogens with zero attached hydrogens (tertiary/aromatic N) is 1. The summed E-state index contributed by atoms with van der Waals surface area (Å²) in [5.74, 6) is -0.197. The van der Waals surface area contributed by atoms with Crippen LogP contribution in [0.25, 0.3) is 0 Å². The predicted molar refractivity (Wildman–Crippen MR) is 60.6 cm³/mol. The van der Waals surface area contributed by atoms with Crippen LogP contribution in [0.1, 0.15) is 25.3 Å². The van der Waals surface area contributed by atoms with E-state index in [9.17, 15) is 9.18 Å². The molecule has 3 heteroatoms. The molecule has 0 saturated carbocycles. The van der Waals surface area contributed by atoms with Crippen molar-refractivity contribution in [1.82, 2.24) is 4.90 Å². The summed E-state index contributed by atoms with van der Waals surface area (Å²) in [7, 11) is 0. The van der Waals surface area contributed by atoms with Gasteiger partial charge in [-0.1, -0.05) is 19.1 Å². The number of likely N-dealkylation sites (tertiary alicyclic amines) is 1. The third kappa shape index (κ3) is 2.08. The summed E-state index contributed by atoms with van der Waals surface area (Å²) in [6.45, 7) is 3.76. The fourth-order valence-electron chi connectivity index (χ4n) is 2.26. The van der Waals surface area contributed by atoms with Crippen molar-refractivity contribution < 1.29 is 9.18 Å². The summed E-state index contributed by atoms with van der Waals surface area (Å²) in [6, 6.07) is 6.72. The standard InChI is InChI=1S/C13H16FNO/c1-13(6-8-15(10-16)9-7-13)11-2-4-12(14)5-3-11/h2-5,10H,6-9H2,1H3. The van der Waals surface area contributed by atoms with E-state index in [0.29, 0.717) is 0 Å². The van der Waals surface area contributed by atoms with Crippen LogP contribution in [0.2, 0.25) is 0 Å². The number of hydrogen-bond donors (Lipinski definition) is 0. The minimum Gasteiger partial charge on any atom is -0.345 e. The molecular weight excluding hydrogens is 205 g/mol. The maximum Gasteiger partial charge on any atom is 0.209 e. The zero-order valence-corrected chi connectivity index (χ0v) is 9.45. The van der Waals surface area contributed by atoms with Crippen LogP contribution in [0.3, 0.4) is 0 Å². The average Bonchev–Trinajstić information content (AvgIpc) is 2.31. The van der Waals surface area contributed by atoms with Gasteiger partial charge in [0.1, 0.15) is 5.82 Å². The van der Waals surface area contributed by atoms with Crippen LogP contribution in [-0.4, -0.2) is 24.4 Å². The molecule has 1 amide bonds. The molecule has 1 aliphatic heterocycles. The number of halogens is 1. The molecule has 1 aromatic rings. The first-order chi connectivity index (χ1) is 7.64. The summed E-state index contributed by atoms with van der Waals surface area (Å²) in [4.78, 5) is 12.4. The molecule has 0 N–H and O–H groups in total. The molecule has 1 aliphatic rings. The van der Waals surface area contributed by atoms with Gasteiger partial charge in [-0.2, -0.15) is 0 Å². The minimum absolute atomic E-state index is 0.0766. The Morgan fingerprint density at radius 3 is 2.31 bits per heavy atom. The summed E-state index contributed by atoms with van der Waals surface area (Å²) in [5.41, 5.74) is 1.24. The van der Waals surface area contributed by atoms with E-state index in [1.54, 1.807) is 4.90 Å². The lowest BCUT2D eigenvalue weighted by Gasteiger charge is -2.38. The van der Waals surface area contributed by atoms with Crippen molar-refractivity contribution in [2.45, 2.75) is 25.2 Å². The molecule has 0 spiro atoms. The number of piperidine rings is 1. The van der Waals surface area contributed by atoms with Crippen molar-refractivity contribution in [2.75, 3.05) is 13.1 Å². The molecule has 0 aliphatic carbocycles. The van der Waals surface area contributed by atoms with Crippen molar-refractivity contribution >= 4 is 6.41 Å². The van der Waals surface area contributed by atoms with E-state index in [0.717, 1.165) is 32.3 Å². The van der Waals surface area contributed by atoms with Gasteiger partial charge in [-0.05, 0) is 36.0 Å². The zero-order valence-electron chi connectivity index (χ0n) is 9.45. The number of rotatable bonds is 2. The largest absolute Gasteiger partial charge is 0.345 e. The molecule has 86 valence electrons. The highest BCUT2D eigenvalue weighted by molar-refractivity contribution is 5.47. The molecular formula is C13H16FNO. The monoisotopic (exact) mass is 221 g/mol. The van der Waals surface area contributed by atoms with Crippen LogP contribution in [-0.2, 0) is 10.2 Å². The normalized spacial score (nSPS) is 19.5. The van der Waals surface area contributed by atoms with Gasteiger partial charge < -0.3 is 4.90 Å². The topological polar surface area (TPSA) is 20.3 Å². The van der Waals surface area contributed by atoms with E-state index in [2.05, 4.69) is 6.92 Å². The third-order valence-corrected chi connectivity index (χ3v) is 3.59. The number of carbonyl (C=O) groups is 1. The first-order valence-corrected chi connectivity index (χ1v) is 5.59. The Hall–Kier alpha value is -1.38. The van der Waals surface area contributed by atoms with E-state index in [1.165, 1.54) is 17.7 Å². The molecule has 2 rings (SSSR count). The maximum atomic E-state index is 12.8. The van der Waals surface area contributed by atoms with Crippen molar-refractivity contribution in [2.24, 2.45) is 0 Å². The predicted octanol–water partition coefficient (Wildman–Crippen LogP) is 2.34. The Kier molecular flexibility index (Phi) is 2.95. The average molecular weight is 221 g/mol. The Morgan fingerprint density at radius 2 is 1.81 bits per heavy atom. The van der Waals surface area contributed by atoms with Gasteiger partial charge in [-0.15, -0.1) is 0 Å². The lowest BCUT2D eigenvalue weighted by Crippen LogP contribution is -2.40. The van der Waals surface area contributed by atoms with E-state index >= 15 is 0 Å². The summed E-state index contributed by atoms with van der Waals surface area (Å²) in [5, 5.41) is 0. The van der Waals surface area contributed by atoms with Gasteiger partial charge in [0.15, 0.2) is 0 Å². The smallest absolute Gasteiger partial charge is 0.209 e. The Morgan fingerprint density at radius 1 is 1.25 bits per heavy atom. The van der Waals surface area contributed by atoms with E-state index in [1.807, 2.05) is 12.1 Å². The fraction of sp³-hybridized carbons (Fsp3) is 0.462. The molecule has 1 aromatic carbocycles. The first kappa shape index (κ1) is 11.1. The van der Waals surface area contributed by atoms with Gasteiger partial charge in [0.05, 0.1) is 0 Å². The molecule has 0 aromatic heterocycles. The molecule has 1 saturated heterocycles. The Bertz CT molecular complexity index is 366. The van der Waals surface area contributed by atoms with Crippen LogP contribution in [0.15, 0.2) is 24.3 Å². The van der Waals surface area contributed by atoms with Crippen molar-refractivity contribution in [1.29, 1.82) is 0 Å². The Balaban J connectivity index is 2.14. The zero-order chi connectivity index (χ0) is 11.6. The van der Waals surface area contributed by atoms with Gasteiger partial charge >= 0.3 is 0 Å². The molecule has 0 unspecified atom stereocenters. The molecule has 0 bridgehead atoms. The van der Waals surface area contributed by atoms with Gasteiger partial charge in [0.25, 0.3) is 0 Å². The number of benzene rings is 1. The highest BCUT2D eigenvalue weighted by Crippen LogP contribution is 2.34. The number of hydrogen-bond acceptors (Lipinski definition) is 1. The van der Waals surface area contributed by atoms with E-state index < -0.39 is 0 Å². The van der Waals surface area contributed by atoms with Crippen LogP contribution in [0.5, 0.6) is 0 Å². The molecule has 1 heterocycles. The number of carbonyl (C=O) groups excluding carboxylic acids is 1. The maximum absolute atomic E-state index is 12.8. The molecule has 2 nitrogen and oxygen atoms in total. The van der Waals surface area contributed by atoms with Crippen LogP contribution < -0.4 is 0 Å². The van der Waals surface area contributed by atoms with Crippen LogP contribution in [0.4, 0.5) is 4.39 Å².